The molecule has 5 unspecified atom stereocenters. The molecule has 0 heterocycles. The highest BCUT2D eigenvalue weighted by molar-refractivity contribution is 5.99. The fourth-order valence-electron chi connectivity index (χ4n) is 4.44. The smallest absolute Gasteiger partial charge is 0.220 e. The summed E-state index contributed by atoms with van der Waals surface area (Å²) >= 11 is 0. The Morgan fingerprint density at radius 2 is 2.08 bits per heavy atom. The van der Waals surface area contributed by atoms with Crippen LogP contribution in [0.5, 0.6) is 0 Å². The van der Waals surface area contributed by atoms with Crippen LogP contribution in [0.2, 0.25) is 0 Å². The van der Waals surface area contributed by atoms with Gasteiger partial charge in [-0.1, -0.05) is 19.1 Å². The Morgan fingerprint density at radius 3 is 2.79 bits per heavy atom. The zero-order valence-corrected chi connectivity index (χ0v) is 13.9. The molecule has 5 heteroatoms. The molecule has 0 saturated heterocycles. The Morgan fingerprint density at radius 1 is 1.33 bits per heavy atom. The molecule has 0 spiro atoms. The molecule has 130 valence electrons. The summed E-state index contributed by atoms with van der Waals surface area (Å²) in [6, 6.07) is 5.58. The third-order valence-electron chi connectivity index (χ3n) is 5.68. The van der Waals surface area contributed by atoms with E-state index in [2.05, 4.69) is 5.32 Å². The molecular formula is C19H24FNO3. The van der Waals surface area contributed by atoms with Gasteiger partial charge in [0.15, 0.2) is 5.78 Å². The number of rotatable bonds is 6. The highest BCUT2D eigenvalue weighted by atomic mass is 19.1. The summed E-state index contributed by atoms with van der Waals surface area (Å²) in [5, 5.41) is 12.6. The van der Waals surface area contributed by atoms with Crippen LogP contribution in [-0.2, 0) is 4.79 Å². The second-order valence-electron chi connectivity index (χ2n) is 7.25. The van der Waals surface area contributed by atoms with Crippen molar-refractivity contribution in [3.05, 3.63) is 35.6 Å². The molecule has 0 aliphatic heterocycles. The van der Waals surface area contributed by atoms with Crippen LogP contribution in [0.1, 0.15) is 43.0 Å². The number of ketones is 1. The first-order chi connectivity index (χ1) is 11.5. The summed E-state index contributed by atoms with van der Waals surface area (Å²) < 4.78 is 13.2. The van der Waals surface area contributed by atoms with Crippen molar-refractivity contribution in [3.8, 4) is 0 Å². The van der Waals surface area contributed by atoms with Crippen LogP contribution in [0.4, 0.5) is 4.39 Å². The summed E-state index contributed by atoms with van der Waals surface area (Å²) in [6.45, 7) is 1.79. The first-order valence-electron chi connectivity index (χ1n) is 8.69. The van der Waals surface area contributed by atoms with Crippen molar-refractivity contribution >= 4 is 11.7 Å². The molecule has 1 aromatic carbocycles. The second kappa shape index (κ2) is 7.01. The third-order valence-corrected chi connectivity index (χ3v) is 5.68. The quantitative estimate of drug-likeness (QED) is 0.786. The number of fused-ring (bicyclic) bond motifs is 2. The van der Waals surface area contributed by atoms with Gasteiger partial charge in [0.25, 0.3) is 0 Å². The molecule has 2 aliphatic rings. The van der Waals surface area contributed by atoms with Gasteiger partial charge in [0.05, 0.1) is 0 Å². The van der Waals surface area contributed by atoms with Crippen LogP contribution in [0.25, 0.3) is 0 Å². The molecule has 0 radical (unpaired) electrons. The van der Waals surface area contributed by atoms with Crippen LogP contribution in [0, 0.1) is 29.5 Å². The topological polar surface area (TPSA) is 66.4 Å². The number of nitrogens with one attached hydrogen (secondary N) is 1. The molecular weight excluding hydrogens is 309 g/mol. The lowest BCUT2D eigenvalue weighted by molar-refractivity contribution is -0.123. The first-order valence-corrected chi connectivity index (χ1v) is 8.69. The Kier molecular flexibility index (Phi) is 4.99. The van der Waals surface area contributed by atoms with Crippen molar-refractivity contribution in [3.63, 3.8) is 0 Å². The van der Waals surface area contributed by atoms with Crippen molar-refractivity contribution in [2.75, 3.05) is 6.61 Å². The Hall–Kier alpha value is -1.75. The van der Waals surface area contributed by atoms with Crippen LogP contribution < -0.4 is 5.32 Å². The number of aliphatic hydroxyl groups is 1. The lowest BCUT2D eigenvalue weighted by Gasteiger charge is -2.30. The summed E-state index contributed by atoms with van der Waals surface area (Å²) in [4.78, 5) is 24.7. The van der Waals surface area contributed by atoms with E-state index in [4.69, 9.17) is 0 Å². The molecule has 2 fully saturated rings. The van der Waals surface area contributed by atoms with Gasteiger partial charge in [-0.15, -0.1) is 0 Å². The zero-order valence-electron chi connectivity index (χ0n) is 13.9. The van der Waals surface area contributed by atoms with E-state index in [1.807, 2.05) is 0 Å². The van der Waals surface area contributed by atoms with Gasteiger partial charge in [-0.05, 0) is 43.2 Å². The number of aliphatic hydroxyl groups excluding tert-OH is 1. The normalized spacial score (nSPS) is 29.5. The average Bonchev–Trinajstić information content (AvgIpc) is 3.15. The Labute approximate surface area is 141 Å². The molecule has 1 amide bonds. The van der Waals surface area contributed by atoms with Crippen LogP contribution in [-0.4, -0.2) is 29.4 Å². The van der Waals surface area contributed by atoms with Gasteiger partial charge in [0.1, 0.15) is 5.82 Å². The fourth-order valence-corrected chi connectivity index (χ4v) is 4.44. The number of hydrogen-bond donors (Lipinski definition) is 2. The molecule has 24 heavy (non-hydrogen) atoms. The van der Waals surface area contributed by atoms with Gasteiger partial charge in [-0.25, -0.2) is 4.39 Å². The molecule has 3 rings (SSSR count). The number of Topliss-reactive ketones (excluding diaryl/α,β-unsaturated/α-hetero) is 1. The molecule has 2 aliphatic carbocycles. The van der Waals surface area contributed by atoms with E-state index in [0.29, 0.717) is 17.4 Å². The van der Waals surface area contributed by atoms with Crippen molar-refractivity contribution in [2.24, 2.45) is 23.7 Å². The lowest BCUT2D eigenvalue weighted by Crippen LogP contribution is -2.45. The summed E-state index contributed by atoms with van der Waals surface area (Å²) in [5.74, 6) is -0.244. The minimum Gasteiger partial charge on any atom is -0.396 e. The third kappa shape index (κ3) is 3.36. The van der Waals surface area contributed by atoms with E-state index in [1.54, 1.807) is 13.0 Å². The van der Waals surface area contributed by atoms with Gasteiger partial charge in [-0.2, -0.15) is 0 Å². The lowest BCUT2D eigenvalue weighted by atomic mass is 9.84. The van der Waals surface area contributed by atoms with Crippen molar-refractivity contribution in [1.29, 1.82) is 0 Å². The Balaban J connectivity index is 1.57. The predicted molar refractivity (Wildman–Crippen MR) is 87.8 cm³/mol. The summed E-state index contributed by atoms with van der Waals surface area (Å²) in [7, 11) is 0. The van der Waals surface area contributed by atoms with Crippen molar-refractivity contribution < 1.29 is 19.1 Å². The maximum atomic E-state index is 13.2. The van der Waals surface area contributed by atoms with Crippen LogP contribution in [0.3, 0.4) is 0 Å². The van der Waals surface area contributed by atoms with Gasteiger partial charge in [0.2, 0.25) is 5.91 Å². The molecule has 2 N–H and O–H groups in total. The minimum atomic E-state index is -0.502. The molecule has 0 aromatic heterocycles. The van der Waals surface area contributed by atoms with Crippen LogP contribution in [0.15, 0.2) is 24.3 Å². The highest BCUT2D eigenvalue weighted by Crippen LogP contribution is 2.48. The number of hydrogen-bond acceptors (Lipinski definition) is 3. The molecule has 2 saturated carbocycles. The standard InChI is InChI=1S/C19H24FNO3/c1-11(19(24)14-3-2-4-15(20)9-14)7-17(23)21-18-13-6-5-12(8-13)16(18)10-22/h2-4,9,11-13,16,18,22H,5-8,10H2,1H3,(H,21,23). The Bertz CT molecular complexity index is 633. The molecule has 1 aromatic rings. The molecule has 2 bridgehead atoms. The number of amides is 1. The second-order valence-corrected chi connectivity index (χ2v) is 7.25. The highest BCUT2D eigenvalue weighted by Gasteiger charge is 2.47. The maximum Gasteiger partial charge on any atom is 0.220 e. The number of benzene rings is 1. The number of carbonyl (C=O) groups is 2. The van der Waals surface area contributed by atoms with E-state index in [1.165, 1.54) is 18.2 Å². The van der Waals surface area contributed by atoms with E-state index in [0.717, 1.165) is 19.3 Å². The van der Waals surface area contributed by atoms with Gasteiger partial charge in [-0.3, -0.25) is 9.59 Å². The van der Waals surface area contributed by atoms with Gasteiger partial charge >= 0.3 is 0 Å². The predicted octanol–water partition coefficient (Wildman–Crippen LogP) is 2.56. The summed E-state index contributed by atoms with van der Waals surface area (Å²) in [6.07, 6.45) is 3.40. The fraction of sp³-hybridized carbons (Fsp3) is 0.579. The zero-order chi connectivity index (χ0) is 17.3. The molecule has 4 nitrogen and oxygen atoms in total. The first kappa shape index (κ1) is 17.1. The van der Waals surface area contributed by atoms with E-state index >= 15 is 0 Å². The van der Waals surface area contributed by atoms with E-state index in [-0.39, 0.29) is 36.7 Å². The SMILES string of the molecule is CC(CC(=O)NC1C2CCC(C2)C1CO)C(=O)c1cccc(F)c1. The average molecular weight is 333 g/mol. The van der Waals surface area contributed by atoms with E-state index in [9.17, 15) is 19.1 Å². The van der Waals surface area contributed by atoms with E-state index < -0.39 is 11.7 Å². The van der Waals surface area contributed by atoms with Gasteiger partial charge < -0.3 is 10.4 Å². The number of halogens is 1. The largest absolute Gasteiger partial charge is 0.396 e. The minimum absolute atomic E-state index is 0.0257. The van der Waals surface area contributed by atoms with Gasteiger partial charge in [0, 0.05) is 36.5 Å². The van der Waals surface area contributed by atoms with Crippen molar-refractivity contribution in [1.82, 2.24) is 5.32 Å². The van der Waals surface area contributed by atoms with Crippen LogP contribution >= 0.6 is 0 Å². The summed E-state index contributed by atoms with van der Waals surface area (Å²) in [5.41, 5.74) is 0.295. The number of carbonyl (C=O) groups excluding carboxylic acids is 2. The monoisotopic (exact) mass is 333 g/mol. The molecule has 5 atom stereocenters. The maximum absolute atomic E-state index is 13.2. The van der Waals surface area contributed by atoms with Crippen molar-refractivity contribution in [2.45, 2.75) is 38.6 Å².